The Morgan fingerprint density at radius 3 is 1.12 bits per heavy atom. The van der Waals surface area contributed by atoms with Gasteiger partial charge in [0, 0.05) is 21.2 Å². The Kier molecular flexibility index (Phi) is 8.59. The van der Waals surface area contributed by atoms with Crippen molar-refractivity contribution in [3.05, 3.63) is 166 Å². The summed E-state index contributed by atoms with van der Waals surface area (Å²) in [5, 5.41) is 7.15. The molecule has 12 heteroatoms. The molecule has 0 saturated heterocycles. The summed E-state index contributed by atoms with van der Waals surface area (Å²) in [7, 11) is -7.98. The number of nitrogens with zero attached hydrogens (tertiary/aromatic N) is 2. The van der Waals surface area contributed by atoms with Gasteiger partial charge in [0.2, 0.25) is 0 Å². The van der Waals surface area contributed by atoms with Gasteiger partial charge in [0.15, 0.2) is 42.4 Å². The maximum absolute atomic E-state index is 14.1. The van der Waals surface area contributed by atoms with Gasteiger partial charge in [-0.05, 0) is 59.7 Å². The van der Waals surface area contributed by atoms with Gasteiger partial charge in [-0.1, -0.05) is 118 Å². The van der Waals surface area contributed by atoms with Crippen LogP contribution < -0.4 is 0 Å². The van der Waals surface area contributed by atoms with E-state index in [1.54, 1.807) is 109 Å². The average molecular weight is 718 g/mol. The molecule has 0 N–H and O–H groups in total. The third-order valence-corrected chi connectivity index (χ3v) is 12.9. The van der Waals surface area contributed by atoms with Gasteiger partial charge in [0.25, 0.3) is 0 Å². The zero-order valence-electron chi connectivity index (χ0n) is 24.9. The molecule has 0 aliphatic carbocycles. The Morgan fingerprint density at radius 1 is 0.458 bits per heavy atom. The minimum absolute atomic E-state index is 0.129. The summed E-state index contributed by atoms with van der Waals surface area (Å²) in [6, 6.07) is 36.5. The Morgan fingerprint density at radius 2 is 0.792 bits per heavy atom. The van der Waals surface area contributed by atoms with Crippen LogP contribution in [0.4, 0.5) is 0 Å². The first-order valence-electron chi connectivity index (χ1n) is 14.8. The normalized spacial score (nSPS) is 20.8. The number of halogens is 2. The van der Waals surface area contributed by atoms with Crippen LogP contribution in [0.5, 0.6) is 0 Å². The number of hydrogen-bond acceptors (Lipinski definition) is 8. The summed E-state index contributed by atoms with van der Waals surface area (Å²) in [4.78, 5) is 12.0. The monoisotopic (exact) mass is 716 g/mol. The number of sulfone groups is 2. The fraction of sp³-hybridized carbons (Fsp3) is 0.111. The number of rotatable bonds is 8. The van der Waals surface area contributed by atoms with Gasteiger partial charge in [0.05, 0.1) is 9.79 Å². The molecule has 7 rings (SSSR count). The molecule has 48 heavy (non-hydrogen) atoms. The summed E-state index contributed by atoms with van der Waals surface area (Å²) in [6.07, 6.45) is -1.99. The van der Waals surface area contributed by atoms with Crippen molar-refractivity contribution in [3.63, 3.8) is 0 Å². The standard InChI is InChI=1S/C36H26Cl2N2O6S2/c37-27-19-15-23(16-20-27)31-35(47(41,42)29-7-3-1-4-8-29)33(45-39-31)25-11-13-26(14-12-25)34-36(48(43,44)30-9-5-2-6-10-30)32(40-46-34)24-17-21-28(38)22-18-24/h1-22,33-36H. The molecule has 0 spiro atoms. The van der Waals surface area contributed by atoms with E-state index in [-0.39, 0.29) is 21.2 Å². The van der Waals surface area contributed by atoms with E-state index < -0.39 is 42.4 Å². The lowest BCUT2D eigenvalue weighted by Crippen LogP contribution is -2.34. The van der Waals surface area contributed by atoms with Crippen LogP contribution in [-0.4, -0.2) is 38.8 Å². The minimum atomic E-state index is -3.99. The molecule has 2 aliphatic rings. The number of oxime groups is 2. The maximum atomic E-state index is 14.1. The van der Waals surface area contributed by atoms with E-state index in [0.29, 0.717) is 32.3 Å². The van der Waals surface area contributed by atoms with Gasteiger partial charge in [-0.3, -0.25) is 0 Å². The van der Waals surface area contributed by atoms with E-state index in [0.717, 1.165) is 0 Å². The topological polar surface area (TPSA) is 111 Å². The van der Waals surface area contributed by atoms with E-state index >= 15 is 0 Å². The second-order valence-electron chi connectivity index (χ2n) is 11.2. The predicted molar refractivity (Wildman–Crippen MR) is 185 cm³/mol. The van der Waals surface area contributed by atoms with Crippen molar-refractivity contribution >= 4 is 54.3 Å². The number of benzene rings is 5. The zero-order valence-corrected chi connectivity index (χ0v) is 28.1. The smallest absolute Gasteiger partial charge is 0.191 e. The lowest BCUT2D eigenvalue weighted by atomic mass is 9.96. The van der Waals surface area contributed by atoms with Crippen LogP contribution >= 0.6 is 23.2 Å². The van der Waals surface area contributed by atoms with Crippen LogP contribution in [0.1, 0.15) is 34.5 Å². The molecular formula is C36H26Cl2N2O6S2. The summed E-state index contributed by atoms with van der Waals surface area (Å²) in [5.74, 6) is 0. The molecule has 0 aromatic heterocycles. The van der Waals surface area contributed by atoms with Crippen LogP contribution in [0.3, 0.4) is 0 Å². The van der Waals surface area contributed by atoms with E-state index in [9.17, 15) is 16.8 Å². The van der Waals surface area contributed by atoms with E-state index in [2.05, 4.69) is 10.3 Å². The molecule has 0 saturated carbocycles. The molecular weight excluding hydrogens is 691 g/mol. The fourth-order valence-electron chi connectivity index (χ4n) is 5.88. The molecule has 242 valence electrons. The molecule has 0 amide bonds. The van der Waals surface area contributed by atoms with Crippen molar-refractivity contribution in [1.82, 2.24) is 0 Å². The Balaban J connectivity index is 1.25. The third kappa shape index (κ3) is 5.90. The SMILES string of the molecule is O=S(=O)(c1ccccc1)C1C(c2ccc(Cl)cc2)=NOC1c1ccc(C2ON=C(c3ccc(Cl)cc3)C2S(=O)(=O)c2ccccc2)cc1. The molecule has 2 heterocycles. The van der Waals surface area contributed by atoms with Crippen molar-refractivity contribution in [2.45, 2.75) is 32.5 Å². The Labute approximate surface area is 288 Å². The van der Waals surface area contributed by atoms with Gasteiger partial charge in [-0.25, -0.2) is 16.8 Å². The maximum Gasteiger partial charge on any atom is 0.191 e. The van der Waals surface area contributed by atoms with Crippen LogP contribution in [0.25, 0.3) is 0 Å². The molecule has 4 atom stereocenters. The minimum Gasteiger partial charge on any atom is -0.385 e. The summed E-state index contributed by atoms with van der Waals surface area (Å²) < 4.78 is 56.5. The first-order chi connectivity index (χ1) is 23.1. The third-order valence-electron chi connectivity index (χ3n) is 8.30. The highest BCUT2D eigenvalue weighted by Gasteiger charge is 2.48. The van der Waals surface area contributed by atoms with Gasteiger partial charge in [0.1, 0.15) is 11.4 Å². The average Bonchev–Trinajstić information content (AvgIpc) is 3.77. The predicted octanol–water partition coefficient (Wildman–Crippen LogP) is 7.63. The van der Waals surface area contributed by atoms with Crippen LogP contribution in [-0.2, 0) is 29.3 Å². The largest absolute Gasteiger partial charge is 0.385 e. The highest BCUT2D eigenvalue weighted by molar-refractivity contribution is 7.93. The van der Waals surface area contributed by atoms with Crippen molar-refractivity contribution < 1.29 is 26.5 Å². The van der Waals surface area contributed by atoms with Crippen LogP contribution in [0.15, 0.2) is 154 Å². The molecule has 0 fully saturated rings. The van der Waals surface area contributed by atoms with Gasteiger partial charge in [-0.15, -0.1) is 0 Å². The summed E-state index contributed by atoms with van der Waals surface area (Å²) in [6.45, 7) is 0. The molecule has 0 radical (unpaired) electrons. The second kappa shape index (κ2) is 12.9. The second-order valence-corrected chi connectivity index (χ2v) is 16.3. The molecule has 5 aromatic carbocycles. The van der Waals surface area contributed by atoms with Gasteiger partial charge < -0.3 is 9.68 Å². The fourth-order valence-corrected chi connectivity index (χ4v) is 9.81. The first-order valence-corrected chi connectivity index (χ1v) is 18.7. The van der Waals surface area contributed by atoms with Gasteiger partial charge >= 0.3 is 0 Å². The molecule has 5 aromatic rings. The molecule has 2 aliphatic heterocycles. The summed E-state index contributed by atoms with van der Waals surface area (Å²) >= 11 is 12.2. The van der Waals surface area contributed by atoms with E-state index in [1.165, 1.54) is 24.3 Å². The summed E-state index contributed by atoms with van der Waals surface area (Å²) in [5.41, 5.74) is 2.66. The highest BCUT2D eigenvalue weighted by atomic mass is 35.5. The zero-order chi connectivity index (χ0) is 33.5. The van der Waals surface area contributed by atoms with Crippen molar-refractivity contribution in [1.29, 1.82) is 0 Å². The van der Waals surface area contributed by atoms with Gasteiger partial charge in [-0.2, -0.15) is 0 Å². The molecule has 8 nitrogen and oxygen atoms in total. The molecule has 4 unspecified atom stereocenters. The highest BCUT2D eigenvalue weighted by Crippen LogP contribution is 2.41. The van der Waals surface area contributed by atoms with Crippen LogP contribution in [0, 0.1) is 0 Å². The lowest BCUT2D eigenvalue weighted by molar-refractivity contribution is 0.0846. The molecule has 0 bridgehead atoms. The van der Waals surface area contributed by atoms with Crippen LogP contribution in [0.2, 0.25) is 10.0 Å². The van der Waals surface area contributed by atoms with Crippen molar-refractivity contribution in [2.24, 2.45) is 10.3 Å². The lowest BCUT2D eigenvalue weighted by Gasteiger charge is -2.22. The van der Waals surface area contributed by atoms with E-state index in [1.807, 2.05) is 0 Å². The van der Waals surface area contributed by atoms with Crippen molar-refractivity contribution in [3.8, 4) is 0 Å². The van der Waals surface area contributed by atoms with E-state index in [4.69, 9.17) is 32.9 Å². The quantitative estimate of drug-likeness (QED) is 0.163. The Bertz CT molecular complexity index is 2070. The first kappa shape index (κ1) is 32.1. The number of hydrogen-bond donors (Lipinski definition) is 0. The Hall–Kier alpha value is -4.48. The van der Waals surface area contributed by atoms with Crippen molar-refractivity contribution in [2.75, 3.05) is 0 Å².